The topological polar surface area (TPSA) is 32.3 Å². The first-order chi connectivity index (χ1) is 8.70. The summed E-state index contributed by atoms with van der Waals surface area (Å²) in [5.74, 6) is 0.100. The molecule has 1 aliphatic rings. The molecule has 1 atom stereocenters. The van der Waals surface area contributed by atoms with Gasteiger partial charge >= 0.3 is 0 Å². The largest absolute Gasteiger partial charge is 0.325 e. The summed E-state index contributed by atoms with van der Waals surface area (Å²) in [4.78, 5) is 14.5. The molecule has 1 N–H and O–H groups in total. The molecule has 2 rings (SSSR count). The quantitative estimate of drug-likeness (QED) is 0.908. The number of rotatable bonds is 4. The van der Waals surface area contributed by atoms with E-state index in [0.717, 1.165) is 38.0 Å². The third kappa shape index (κ3) is 3.24. The van der Waals surface area contributed by atoms with Crippen LogP contribution in [0.5, 0.6) is 0 Å². The Bertz CT molecular complexity index is 405. The van der Waals surface area contributed by atoms with Gasteiger partial charge in [-0.25, -0.2) is 0 Å². The third-order valence-corrected chi connectivity index (χ3v) is 3.54. The van der Waals surface area contributed by atoms with Crippen molar-refractivity contribution in [2.45, 2.75) is 32.2 Å². The number of benzene rings is 1. The molecule has 0 aliphatic carbocycles. The molecule has 1 heterocycles. The highest BCUT2D eigenvalue weighted by Gasteiger charge is 2.29. The number of likely N-dealkylation sites (tertiary alicyclic amines) is 1. The zero-order chi connectivity index (χ0) is 13.0. The number of carbonyl (C=O) groups is 1. The van der Waals surface area contributed by atoms with Crippen molar-refractivity contribution in [2.24, 2.45) is 0 Å². The second-order valence-electron chi connectivity index (χ2n) is 4.69. The lowest BCUT2D eigenvalue weighted by molar-refractivity contribution is -0.120. The molecule has 1 amide bonds. The van der Waals surface area contributed by atoms with E-state index < -0.39 is 0 Å². The fourth-order valence-corrected chi connectivity index (χ4v) is 2.56. The van der Waals surface area contributed by atoms with Gasteiger partial charge in [-0.1, -0.05) is 18.5 Å². The summed E-state index contributed by atoms with van der Waals surface area (Å²) in [5, 5.41) is 3.64. The first kappa shape index (κ1) is 13.4. The van der Waals surface area contributed by atoms with E-state index in [-0.39, 0.29) is 11.9 Å². The number of nitrogens with one attached hydrogen (secondary N) is 1. The zero-order valence-electron chi connectivity index (χ0n) is 10.7. The Hall–Kier alpha value is -1.06. The summed E-state index contributed by atoms with van der Waals surface area (Å²) in [6.07, 6.45) is 3.16. The molecule has 1 aromatic carbocycles. The van der Waals surface area contributed by atoms with Crippen LogP contribution in [0.3, 0.4) is 0 Å². The monoisotopic (exact) mass is 266 g/mol. The number of hydrogen-bond acceptors (Lipinski definition) is 2. The van der Waals surface area contributed by atoms with E-state index in [1.165, 1.54) is 0 Å². The van der Waals surface area contributed by atoms with Crippen LogP contribution in [0.25, 0.3) is 0 Å². The van der Waals surface area contributed by atoms with Gasteiger partial charge in [0.2, 0.25) is 5.91 Å². The Morgan fingerprint density at radius 3 is 2.83 bits per heavy atom. The second kappa shape index (κ2) is 6.21. The van der Waals surface area contributed by atoms with E-state index in [2.05, 4.69) is 17.1 Å². The van der Waals surface area contributed by atoms with Gasteiger partial charge in [0.1, 0.15) is 0 Å². The van der Waals surface area contributed by atoms with Gasteiger partial charge in [0, 0.05) is 10.7 Å². The number of amides is 1. The summed E-state index contributed by atoms with van der Waals surface area (Å²) >= 11 is 5.82. The highest BCUT2D eigenvalue weighted by Crippen LogP contribution is 2.20. The van der Waals surface area contributed by atoms with Crippen molar-refractivity contribution in [3.05, 3.63) is 29.3 Å². The van der Waals surface area contributed by atoms with Crippen LogP contribution in [0.2, 0.25) is 5.02 Å². The molecule has 3 nitrogen and oxygen atoms in total. The van der Waals surface area contributed by atoms with Crippen LogP contribution in [0.4, 0.5) is 5.69 Å². The first-order valence-electron chi connectivity index (χ1n) is 6.51. The maximum atomic E-state index is 12.2. The number of nitrogens with zero attached hydrogens (tertiary/aromatic N) is 1. The predicted octanol–water partition coefficient (Wildman–Crippen LogP) is 3.15. The van der Waals surface area contributed by atoms with Crippen molar-refractivity contribution in [2.75, 3.05) is 18.4 Å². The van der Waals surface area contributed by atoms with Crippen molar-refractivity contribution in [1.82, 2.24) is 4.90 Å². The number of hydrogen-bond donors (Lipinski definition) is 1. The second-order valence-corrected chi connectivity index (χ2v) is 5.13. The van der Waals surface area contributed by atoms with Crippen molar-refractivity contribution >= 4 is 23.2 Å². The minimum atomic E-state index is 0.0284. The summed E-state index contributed by atoms with van der Waals surface area (Å²) in [5.41, 5.74) is 0.813. The van der Waals surface area contributed by atoms with Gasteiger partial charge in [0.15, 0.2) is 0 Å². The van der Waals surface area contributed by atoms with Gasteiger partial charge in [-0.2, -0.15) is 0 Å². The molecule has 18 heavy (non-hydrogen) atoms. The van der Waals surface area contributed by atoms with E-state index in [1.807, 2.05) is 12.1 Å². The number of carbonyl (C=O) groups excluding carboxylic acids is 1. The van der Waals surface area contributed by atoms with E-state index in [9.17, 15) is 4.79 Å². The highest BCUT2D eigenvalue weighted by molar-refractivity contribution is 6.30. The molecule has 1 fully saturated rings. The lowest BCUT2D eigenvalue weighted by Gasteiger charge is -2.22. The average Bonchev–Trinajstić information content (AvgIpc) is 2.81. The fraction of sp³-hybridized carbons (Fsp3) is 0.500. The van der Waals surface area contributed by atoms with Crippen LogP contribution < -0.4 is 5.32 Å². The lowest BCUT2D eigenvalue weighted by atomic mass is 10.2. The summed E-state index contributed by atoms with van der Waals surface area (Å²) in [6, 6.07) is 7.27. The van der Waals surface area contributed by atoms with E-state index >= 15 is 0 Å². The average molecular weight is 267 g/mol. The van der Waals surface area contributed by atoms with Crippen LogP contribution in [0.1, 0.15) is 26.2 Å². The SMILES string of the molecule is CCCN1CCCC1C(=O)Nc1ccc(Cl)cc1. The number of anilines is 1. The molecule has 1 saturated heterocycles. The van der Waals surface area contributed by atoms with Crippen LogP contribution in [0.15, 0.2) is 24.3 Å². The summed E-state index contributed by atoms with van der Waals surface area (Å²) in [6.45, 7) is 4.18. The van der Waals surface area contributed by atoms with Crippen molar-refractivity contribution in [3.63, 3.8) is 0 Å². The summed E-state index contributed by atoms with van der Waals surface area (Å²) in [7, 11) is 0. The lowest BCUT2D eigenvalue weighted by Crippen LogP contribution is -2.39. The molecule has 0 saturated carbocycles. The van der Waals surface area contributed by atoms with Gasteiger partial charge < -0.3 is 5.32 Å². The number of halogens is 1. The van der Waals surface area contributed by atoms with Crippen LogP contribution in [-0.4, -0.2) is 29.9 Å². The normalized spacial score (nSPS) is 20.0. The van der Waals surface area contributed by atoms with Crippen molar-refractivity contribution in [3.8, 4) is 0 Å². The van der Waals surface area contributed by atoms with Gasteiger partial charge in [-0.15, -0.1) is 0 Å². The standard InChI is InChI=1S/C14H19ClN2O/c1-2-9-17-10-3-4-13(17)14(18)16-12-7-5-11(15)6-8-12/h5-8,13H,2-4,9-10H2,1H3,(H,16,18). The van der Waals surface area contributed by atoms with Gasteiger partial charge in [-0.05, 0) is 56.6 Å². The summed E-state index contributed by atoms with van der Waals surface area (Å²) < 4.78 is 0. The maximum Gasteiger partial charge on any atom is 0.241 e. The molecule has 1 aliphatic heterocycles. The molecule has 0 bridgehead atoms. The molecule has 98 valence electrons. The molecule has 0 spiro atoms. The molecule has 0 radical (unpaired) electrons. The Kier molecular flexibility index (Phi) is 4.61. The molecular formula is C14H19ClN2O. The van der Waals surface area contributed by atoms with Crippen molar-refractivity contribution in [1.29, 1.82) is 0 Å². The Labute approximate surface area is 113 Å². The van der Waals surface area contributed by atoms with Crippen LogP contribution >= 0.6 is 11.6 Å². The van der Waals surface area contributed by atoms with E-state index in [0.29, 0.717) is 5.02 Å². The maximum absolute atomic E-state index is 12.2. The highest BCUT2D eigenvalue weighted by atomic mass is 35.5. The smallest absolute Gasteiger partial charge is 0.241 e. The Morgan fingerprint density at radius 2 is 2.17 bits per heavy atom. The molecule has 4 heteroatoms. The Balaban J connectivity index is 1.96. The minimum absolute atomic E-state index is 0.0284. The zero-order valence-corrected chi connectivity index (χ0v) is 11.4. The van der Waals surface area contributed by atoms with Gasteiger partial charge in [-0.3, -0.25) is 9.69 Å². The Morgan fingerprint density at radius 1 is 1.44 bits per heavy atom. The first-order valence-corrected chi connectivity index (χ1v) is 6.89. The molecule has 0 aromatic heterocycles. The molecule has 1 aromatic rings. The molecule has 1 unspecified atom stereocenters. The van der Waals surface area contributed by atoms with Crippen LogP contribution in [-0.2, 0) is 4.79 Å². The minimum Gasteiger partial charge on any atom is -0.325 e. The van der Waals surface area contributed by atoms with E-state index in [4.69, 9.17) is 11.6 Å². The molecular weight excluding hydrogens is 248 g/mol. The predicted molar refractivity (Wildman–Crippen MR) is 75.0 cm³/mol. The van der Waals surface area contributed by atoms with Gasteiger partial charge in [0.05, 0.1) is 6.04 Å². The van der Waals surface area contributed by atoms with E-state index in [1.54, 1.807) is 12.1 Å². The van der Waals surface area contributed by atoms with Crippen molar-refractivity contribution < 1.29 is 4.79 Å². The fourth-order valence-electron chi connectivity index (χ4n) is 2.44. The van der Waals surface area contributed by atoms with Gasteiger partial charge in [0.25, 0.3) is 0 Å². The third-order valence-electron chi connectivity index (χ3n) is 3.29. The van der Waals surface area contributed by atoms with Crippen LogP contribution in [0, 0.1) is 0 Å².